The molecule has 0 saturated heterocycles. The van der Waals surface area contributed by atoms with E-state index in [-0.39, 0.29) is 0 Å². The summed E-state index contributed by atoms with van der Waals surface area (Å²) in [6.07, 6.45) is 5.89. The van der Waals surface area contributed by atoms with Crippen LogP contribution in [0.1, 0.15) is 40.0 Å². The van der Waals surface area contributed by atoms with E-state index >= 15 is 0 Å². The van der Waals surface area contributed by atoms with E-state index in [2.05, 4.69) is 26.8 Å². The van der Waals surface area contributed by atoms with E-state index in [0.29, 0.717) is 5.41 Å². The standard InChI is InChI=1S/C11H20O/c1-4-11(2,3)9-10-5-7-12-8-6-10/h5H,4,6-9H2,1-3H3. The van der Waals surface area contributed by atoms with Crippen molar-refractivity contribution in [3.63, 3.8) is 0 Å². The maximum atomic E-state index is 5.27. The Labute approximate surface area is 75.8 Å². The summed E-state index contributed by atoms with van der Waals surface area (Å²) in [6, 6.07) is 0. The van der Waals surface area contributed by atoms with Gasteiger partial charge in [-0.05, 0) is 18.3 Å². The lowest BCUT2D eigenvalue weighted by molar-refractivity contribution is 0.150. The van der Waals surface area contributed by atoms with Gasteiger partial charge in [0.1, 0.15) is 0 Å². The number of rotatable bonds is 3. The molecule has 70 valence electrons. The number of ether oxygens (including phenoxy) is 1. The summed E-state index contributed by atoms with van der Waals surface area (Å²) < 4.78 is 5.27. The highest BCUT2D eigenvalue weighted by Crippen LogP contribution is 2.30. The molecule has 1 aliphatic heterocycles. The Bertz CT molecular complexity index is 168. The van der Waals surface area contributed by atoms with Gasteiger partial charge in [0.15, 0.2) is 0 Å². The van der Waals surface area contributed by atoms with Crippen molar-refractivity contribution in [3.8, 4) is 0 Å². The van der Waals surface area contributed by atoms with Crippen molar-refractivity contribution in [2.45, 2.75) is 40.0 Å². The second kappa shape index (κ2) is 4.08. The lowest BCUT2D eigenvalue weighted by Gasteiger charge is -2.25. The molecule has 0 spiro atoms. The molecule has 0 aromatic heterocycles. The quantitative estimate of drug-likeness (QED) is 0.588. The largest absolute Gasteiger partial charge is 0.377 e. The molecule has 1 rings (SSSR count). The van der Waals surface area contributed by atoms with Gasteiger partial charge in [-0.25, -0.2) is 0 Å². The van der Waals surface area contributed by atoms with Crippen LogP contribution in [0.3, 0.4) is 0 Å². The molecule has 0 radical (unpaired) electrons. The van der Waals surface area contributed by atoms with Crippen molar-refractivity contribution in [2.24, 2.45) is 5.41 Å². The van der Waals surface area contributed by atoms with Crippen LogP contribution in [0.2, 0.25) is 0 Å². The fourth-order valence-electron chi connectivity index (χ4n) is 1.47. The summed E-state index contributed by atoms with van der Waals surface area (Å²) in [5.74, 6) is 0. The molecule has 12 heavy (non-hydrogen) atoms. The van der Waals surface area contributed by atoms with Crippen LogP contribution in [0, 0.1) is 5.41 Å². The zero-order valence-electron chi connectivity index (χ0n) is 8.52. The Kier molecular flexibility index (Phi) is 3.33. The van der Waals surface area contributed by atoms with Crippen LogP contribution in [0.25, 0.3) is 0 Å². The van der Waals surface area contributed by atoms with Crippen LogP contribution in [0.4, 0.5) is 0 Å². The summed E-state index contributed by atoms with van der Waals surface area (Å²) in [5.41, 5.74) is 2.07. The van der Waals surface area contributed by atoms with Gasteiger partial charge in [0.25, 0.3) is 0 Å². The van der Waals surface area contributed by atoms with Crippen LogP contribution in [-0.2, 0) is 4.74 Å². The van der Waals surface area contributed by atoms with Crippen molar-refractivity contribution in [2.75, 3.05) is 13.2 Å². The lowest BCUT2D eigenvalue weighted by Crippen LogP contribution is -2.14. The molecule has 0 unspecified atom stereocenters. The lowest BCUT2D eigenvalue weighted by atomic mass is 9.82. The molecule has 0 atom stereocenters. The van der Waals surface area contributed by atoms with E-state index < -0.39 is 0 Å². The molecular weight excluding hydrogens is 148 g/mol. The molecule has 0 saturated carbocycles. The Morgan fingerprint density at radius 1 is 1.50 bits per heavy atom. The Morgan fingerprint density at radius 3 is 2.75 bits per heavy atom. The van der Waals surface area contributed by atoms with Gasteiger partial charge in [-0.1, -0.05) is 38.8 Å². The zero-order chi connectivity index (χ0) is 9.03. The van der Waals surface area contributed by atoms with Crippen LogP contribution >= 0.6 is 0 Å². The van der Waals surface area contributed by atoms with Gasteiger partial charge < -0.3 is 4.74 Å². The highest BCUT2D eigenvalue weighted by Gasteiger charge is 2.17. The first-order chi connectivity index (χ1) is 5.64. The summed E-state index contributed by atoms with van der Waals surface area (Å²) in [4.78, 5) is 0. The van der Waals surface area contributed by atoms with Crippen LogP contribution < -0.4 is 0 Å². The predicted molar refractivity (Wildman–Crippen MR) is 52.2 cm³/mol. The monoisotopic (exact) mass is 168 g/mol. The molecule has 1 aliphatic rings. The molecule has 0 aliphatic carbocycles. The van der Waals surface area contributed by atoms with Crippen LogP contribution in [-0.4, -0.2) is 13.2 Å². The van der Waals surface area contributed by atoms with E-state index in [9.17, 15) is 0 Å². The van der Waals surface area contributed by atoms with Crippen molar-refractivity contribution >= 4 is 0 Å². The second-order valence-electron chi connectivity index (χ2n) is 4.38. The molecule has 0 amide bonds. The van der Waals surface area contributed by atoms with E-state index in [4.69, 9.17) is 4.74 Å². The fourth-order valence-corrected chi connectivity index (χ4v) is 1.47. The minimum Gasteiger partial charge on any atom is -0.377 e. The molecule has 0 fully saturated rings. The highest BCUT2D eigenvalue weighted by molar-refractivity contribution is 5.06. The maximum absolute atomic E-state index is 5.27. The number of hydrogen-bond acceptors (Lipinski definition) is 1. The molecule has 0 aromatic rings. The van der Waals surface area contributed by atoms with Gasteiger partial charge in [-0.2, -0.15) is 0 Å². The molecular formula is C11H20O. The van der Waals surface area contributed by atoms with Crippen molar-refractivity contribution in [3.05, 3.63) is 11.6 Å². The smallest absolute Gasteiger partial charge is 0.0650 e. The van der Waals surface area contributed by atoms with Crippen LogP contribution in [0.15, 0.2) is 11.6 Å². The SMILES string of the molecule is CCC(C)(C)CC1=CCOCC1. The van der Waals surface area contributed by atoms with E-state index in [1.54, 1.807) is 5.57 Å². The average Bonchev–Trinajstić information content (AvgIpc) is 2.06. The number of hydrogen-bond donors (Lipinski definition) is 0. The Hall–Kier alpha value is -0.300. The minimum absolute atomic E-state index is 0.475. The fraction of sp³-hybridized carbons (Fsp3) is 0.818. The minimum atomic E-state index is 0.475. The first-order valence-corrected chi connectivity index (χ1v) is 4.90. The molecule has 1 nitrogen and oxygen atoms in total. The first-order valence-electron chi connectivity index (χ1n) is 4.90. The van der Waals surface area contributed by atoms with E-state index in [0.717, 1.165) is 19.6 Å². The Morgan fingerprint density at radius 2 is 2.25 bits per heavy atom. The summed E-state index contributed by atoms with van der Waals surface area (Å²) >= 11 is 0. The average molecular weight is 168 g/mol. The van der Waals surface area contributed by atoms with Gasteiger partial charge in [0.2, 0.25) is 0 Å². The summed E-state index contributed by atoms with van der Waals surface area (Å²) in [5, 5.41) is 0. The van der Waals surface area contributed by atoms with Gasteiger partial charge >= 0.3 is 0 Å². The van der Waals surface area contributed by atoms with Crippen molar-refractivity contribution in [1.29, 1.82) is 0 Å². The first kappa shape index (κ1) is 9.79. The third-order valence-electron chi connectivity index (χ3n) is 2.72. The van der Waals surface area contributed by atoms with Gasteiger partial charge in [-0.3, -0.25) is 0 Å². The van der Waals surface area contributed by atoms with Gasteiger partial charge in [-0.15, -0.1) is 0 Å². The van der Waals surface area contributed by atoms with Crippen molar-refractivity contribution in [1.82, 2.24) is 0 Å². The molecule has 0 N–H and O–H groups in total. The highest BCUT2D eigenvalue weighted by atomic mass is 16.5. The van der Waals surface area contributed by atoms with Gasteiger partial charge in [0, 0.05) is 0 Å². The maximum Gasteiger partial charge on any atom is 0.0650 e. The van der Waals surface area contributed by atoms with Crippen molar-refractivity contribution < 1.29 is 4.74 Å². The van der Waals surface area contributed by atoms with Gasteiger partial charge in [0.05, 0.1) is 13.2 Å². The topological polar surface area (TPSA) is 9.23 Å². The molecule has 1 heteroatoms. The summed E-state index contributed by atoms with van der Waals surface area (Å²) in [7, 11) is 0. The molecule has 0 aromatic carbocycles. The second-order valence-corrected chi connectivity index (χ2v) is 4.38. The predicted octanol–water partition coefficient (Wildman–Crippen LogP) is 3.16. The zero-order valence-corrected chi connectivity index (χ0v) is 8.52. The molecule has 0 bridgehead atoms. The third kappa shape index (κ3) is 2.98. The van der Waals surface area contributed by atoms with E-state index in [1.165, 1.54) is 12.8 Å². The molecule has 1 heterocycles. The van der Waals surface area contributed by atoms with Crippen LogP contribution in [0.5, 0.6) is 0 Å². The van der Waals surface area contributed by atoms with E-state index in [1.807, 2.05) is 0 Å². The normalized spacial score (nSPS) is 19.1. The Balaban J connectivity index is 2.44. The summed E-state index contributed by atoms with van der Waals surface area (Å²) in [6.45, 7) is 8.69. The third-order valence-corrected chi connectivity index (χ3v) is 2.72.